The van der Waals surface area contributed by atoms with Crippen LogP contribution in [0.2, 0.25) is 5.02 Å². The smallest absolute Gasteiger partial charge is 0.421 e. The summed E-state index contributed by atoms with van der Waals surface area (Å²) in [5.41, 5.74) is 2.85. The Labute approximate surface area is 182 Å². The third-order valence-electron chi connectivity index (χ3n) is 5.79. The number of hydrogen-bond donors (Lipinski definition) is 2. The molecule has 0 radical (unpaired) electrons. The third kappa shape index (κ3) is 4.37. The fourth-order valence-corrected chi connectivity index (χ4v) is 4.49. The van der Waals surface area contributed by atoms with Crippen molar-refractivity contribution in [3.05, 3.63) is 57.9 Å². The first-order valence-corrected chi connectivity index (χ1v) is 10.5. The van der Waals surface area contributed by atoms with Gasteiger partial charge in [-0.25, -0.2) is 4.98 Å². The van der Waals surface area contributed by atoms with Crippen molar-refractivity contribution in [1.82, 2.24) is 14.9 Å². The second kappa shape index (κ2) is 8.68. The second-order valence-electron chi connectivity index (χ2n) is 7.65. The van der Waals surface area contributed by atoms with Crippen LogP contribution in [0, 0.1) is 0 Å². The second-order valence-corrected chi connectivity index (χ2v) is 8.09. The maximum Gasteiger partial charge on any atom is 0.421 e. The van der Waals surface area contributed by atoms with E-state index in [1.54, 1.807) is 0 Å². The number of H-pyrrole nitrogens is 1. The number of hydrogen-bond acceptors (Lipinski definition) is 4. The monoisotopic (exact) mass is 453 g/mol. The van der Waals surface area contributed by atoms with Gasteiger partial charge in [0.1, 0.15) is 5.56 Å². The average molecular weight is 454 g/mol. The maximum absolute atomic E-state index is 13.0. The van der Waals surface area contributed by atoms with E-state index in [1.165, 1.54) is 18.7 Å². The zero-order valence-corrected chi connectivity index (χ0v) is 17.7. The van der Waals surface area contributed by atoms with Crippen molar-refractivity contribution in [1.29, 1.82) is 0 Å². The summed E-state index contributed by atoms with van der Waals surface area (Å²) in [5.74, 6) is -0.405. The number of pyridine rings is 1. The Hall–Kier alpha value is -2.29. The van der Waals surface area contributed by atoms with Crippen molar-refractivity contribution in [2.75, 3.05) is 26.8 Å². The number of nitrogens with zero attached hydrogens (tertiary/aromatic N) is 2. The first kappa shape index (κ1) is 21.9. The molecule has 1 atom stereocenters. The Morgan fingerprint density at radius 3 is 2.81 bits per heavy atom. The van der Waals surface area contributed by atoms with Crippen molar-refractivity contribution >= 4 is 22.5 Å². The summed E-state index contributed by atoms with van der Waals surface area (Å²) in [6, 6.07) is 7.97. The standard InChI is InChI=1S/C22H23ClF3N3O2/c1-31-21-17(22(24,25)26)6-5-14(27-21)3-2-9-29-10-8-15-16-11-13(23)4-7-18(16)28-20(15)19(29)12-30/h4-7,11,19,28,30H,2-3,8-10,12H2,1H3. The molecule has 1 unspecified atom stereocenters. The fraction of sp³-hybridized carbons (Fsp3) is 0.409. The fourth-order valence-electron chi connectivity index (χ4n) is 4.32. The summed E-state index contributed by atoms with van der Waals surface area (Å²) in [7, 11) is 1.19. The van der Waals surface area contributed by atoms with Gasteiger partial charge >= 0.3 is 6.18 Å². The van der Waals surface area contributed by atoms with Gasteiger partial charge in [-0.05, 0) is 61.7 Å². The molecular formula is C22H23ClF3N3O2. The molecule has 0 saturated heterocycles. The van der Waals surface area contributed by atoms with E-state index in [1.807, 2.05) is 18.2 Å². The van der Waals surface area contributed by atoms with Gasteiger partial charge in [0.2, 0.25) is 5.88 Å². The number of aryl methyl sites for hydroxylation is 1. The number of benzene rings is 1. The molecule has 166 valence electrons. The Morgan fingerprint density at radius 1 is 1.29 bits per heavy atom. The van der Waals surface area contributed by atoms with Crippen molar-refractivity contribution in [2.45, 2.75) is 31.5 Å². The van der Waals surface area contributed by atoms with Gasteiger partial charge in [0.15, 0.2) is 0 Å². The Kier molecular flexibility index (Phi) is 6.14. The highest BCUT2D eigenvalue weighted by Gasteiger charge is 2.35. The van der Waals surface area contributed by atoms with E-state index in [0.717, 1.165) is 35.6 Å². The molecule has 31 heavy (non-hydrogen) atoms. The summed E-state index contributed by atoms with van der Waals surface area (Å²) < 4.78 is 43.8. The number of nitrogens with one attached hydrogen (secondary N) is 1. The number of halogens is 4. The maximum atomic E-state index is 13.0. The lowest BCUT2D eigenvalue weighted by molar-refractivity contribution is -0.139. The molecule has 3 aromatic rings. The first-order valence-electron chi connectivity index (χ1n) is 10.1. The minimum atomic E-state index is -4.50. The SMILES string of the molecule is COc1nc(CCCN2CCc3c([nH]c4ccc(Cl)cc34)C2CO)ccc1C(F)(F)F. The van der Waals surface area contributed by atoms with E-state index in [-0.39, 0.29) is 12.6 Å². The molecule has 0 saturated carbocycles. The number of aromatic amines is 1. The van der Waals surface area contributed by atoms with Gasteiger partial charge in [-0.1, -0.05) is 11.6 Å². The predicted molar refractivity (Wildman–Crippen MR) is 113 cm³/mol. The Balaban J connectivity index is 1.45. The van der Waals surface area contributed by atoms with Gasteiger partial charge < -0.3 is 14.8 Å². The minimum Gasteiger partial charge on any atom is -0.481 e. The number of methoxy groups -OCH3 is 1. The molecule has 1 aliphatic heterocycles. The van der Waals surface area contributed by atoms with Gasteiger partial charge in [-0.15, -0.1) is 0 Å². The van der Waals surface area contributed by atoms with Gasteiger partial charge in [0, 0.05) is 33.9 Å². The van der Waals surface area contributed by atoms with Crippen molar-refractivity contribution in [3.63, 3.8) is 0 Å². The predicted octanol–water partition coefficient (Wildman–Crippen LogP) is 4.77. The van der Waals surface area contributed by atoms with E-state index < -0.39 is 17.6 Å². The molecule has 0 bridgehead atoms. The molecule has 1 aliphatic rings. The number of rotatable bonds is 6. The lowest BCUT2D eigenvalue weighted by Gasteiger charge is -2.34. The summed E-state index contributed by atoms with van der Waals surface area (Å²) >= 11 is 6.15. The minimum absolute atomic E-state index is 0.0279. The summed E-state index contributed by atoms with van der Waals surface area (Å²) in [4.78, 5) is 9.64. The van der Waals surface area contributed by atoms with Crippen molar-refractivity contribution in [2.24, 2.45) is 0 Å². The summed E-state index contributed by atoms with van der Waals surface area (Å²) in [5, 5.41) is 11.8. The number of fused-ring (bicyclic) bond motifs is 3. The van der Waals surface area contributed by atoms with E-state index >= 15 is 0 Å². The van der Waals surface area contributed by atoms with Crippen LogP contribution in [0.25, 0.3) is 10.9 Å². The van der Waals surface area contributed by atoms with Crippen molar-refractivity contribution in [3.8, 4) is 5.88 Å². The lowest BCUT2D eigenvalue weighted by atomic mass is 9.97. The molecule has 9 heteroatoms. The van der Waals surface area contributed by atoms with Gasteiger partial charge in [0.05, 0.1) is 19.8 Å². The van der Waals surface area contributed by atoms with E-state index in [9.17, 15) is 18.3 Å². The van der Waals surface area contributed by atoms with Gasteiger partial charge in [0.25, 0.3) is 0 Å². The van der Waals surface area contributed by atoms with E-state index in [2.05, 4.69) is 14.9 Å². The molecule has 2 N–H and O–H groups in total. The molecule has 5 nitrogen and oxygen atoms in total. The number of aliphatic hydroxyl groups excluding tert-OH is 1. The van der Waals surface area contributed by atoms with E-state index in [4.69, 9.17) is 16.3 Å². The zero-order chi connectivity index (χ0) is 22.2. The molecule has 0 spiro atoms. The van der Waals surface area contributed by atoms with Crippen LogP contribution >= 0.6 is 11.6 Å². The molecule has 2 aromatic heterocycles. The molecule has 0 fully saturated rings. The molecule has 0 amide bonds. The van der Waals surface area contributed by atoms with Crippen molar-refractivity contribution < 1.29 is 23.0 Å². The van der Waals surface area contributed by atoms with Crippen LogP contribution in [-0.2, 0) is 19.0 Å². The van der Waals surface area contributed by atoms with Crippen LogP contribution < -0.4 is 4.74 Å². The highest BCUT2D eigenvalue weighted by atomic mass is 35.5. The molecule has 3 heterocycles. The molecular weight excluding hydrogens is 431 g/mol. The number of aromatic nitrogens is 2. The van der Waals surface area contributed by atoms with Crippen LogP contribution in [0.5, 0.6) is 5.88 Å². The van der Waals surface area contributed by atoms with Crippen LogP contribution in [0.1, 0.15) is 35.0 Å². The van der Waals surface area contributed by atoms with Crippen LogP contribution in [-0.4, -0.2) is 46.8 Å². The van der Waals surface area contributed by atoms with Crippen LogP contribution in [0.4, 0.5) is 13.2 Å². The Morgan fingerprint density at radius 2 is 2.10 bits per heavy atom. The lowest BCUT2D eigenvalue weighted by Crippen LogP contribution is -2.38. The number of aliphatic hydroxyl groups is 1. The first-order chi connectivity index (χ1) is 14.8. The highest BCUT2D eigenvalue weighted by Crippen LogP contribution is 2.36. The quantitative estimate of drug-likeness (QED) is 0.564. The highest BCUT2D eigenvalue weighted by molar-refractivity contribution is 6.31. The molecule has 1 aromatic carbocycles. The molecule has 0 aliphatic carbocycles. The normalized spacial score (nSPS) is 17.2. The summed E-state index contributed by atoms with van der Waals surface area (Å²) in [6.07, 6.45) is -2.46. The zero-order valence-electron chi connectivity index (χ0n) is 17.0. The summed E-state index contributed by atoms with van der Waals surface area (Å²) in [6.45, 7) is 1.44. The Bertz CT molecular complexity index is 1080. The van der Waals surface area contributed by atoms with Gasteiger partial charge in [-0.2, -0.15) is 13.2 Å². The molecule has 4 rings (SSSR count). The van der Waals surface area contributed by atoms with E-state index in [0.29, 0.717) is 30.1 Å². The van der Waals surface area contributed by atoms with Crippen LogP contribution in [0.15, 0.2) is 30.3 Å². The topological polar surface area (TPSA) is 61.4 Å². The third-order valence-corrected chi connectivity index (χ3v) is 6.03. The largest absolute Gasteiger partial charge is 0.481 e. The number of alkyl halides is 3. The average Bonchev–Trinajstić information content (AvgIpc) is 3.10. The number of ether oxygens (including phenoxy) is 1. The van der Waals surface area contributed by atoms with Gasteiger partial charge in [-0.3, -0.25) is 4.90 Å². The van der Waals surface area contributed by atoms with Crippen LogP contribution in [0.3, 0.4) is 0 Å².